The molecule has 0 fully saturated rings. The molecule has 1 unspecified atom stereocenters. The zero-order valence-corrected chi connectivity index (χ0v) is 20.3. The van der Waals surface area contributed by atoms with Gasteiger partial charge in [-0.1, -0.05) is 94.8 Å². The van der Waals surface area contributed by atoms with Crippen LogP contribution < -0.4 is 4.74 Å². The van der Waals surface area contributed by atoms with Gasteiger partial charge in [0, 0.05) is 5.57 Å². The lowest BCUT2D eigenvalue weighted by atomic mass is 9.93. The van der Waals surface area contributed by atoms with Crippen molar-refractivity contribution in [2.45, 2.75) is 65.2 Å². The van der Waals surface area contributed by atoms with Crippen LogP contribution in [-0.2, 0) is 9.53 Å². The Morgan fingerprint density at radius 1 is 0.879 bits per heavy atom. The Morgan fingerprint density at radius 2 is 1.52 bits per heavy atom. The Kier molecular flexibility index (Phi) is 11.8. The lowest BCUT2D eigenvalue weighted by molar-refractivity contribution is -0.140. The van der Waals surface area contributed by atoms with Crippen molar-refractivity contribution in [2.75, 3.05) is 13.7 Å². The highest BCUT2D eigenvalue weighted by atomic mass is 16.5. The van der Waals surface area contributed by atoms with E-state index in [1.54, 1.807) is 7.11 Å². The van der Waals surface area contributed by atoms with E-state index in [-0.39, 0.29) is 5.57 Å². The molecule has 2 aromatic carbocycles. The van der Waals surface area contributed by atoms with Crippen LogP contribution in [0.25, 0.3) is 5.57 Å². The van der Waals surface area contributed by atoms with Crippen LogP contribution >= 0.6 is 0 Å². The molecular weight excluding hydrogens is 410 g/mol. The molecule has 0 saturated heterocycles. The third-order valence-electron chi connectivity index (χ3n) is 5.89. The predicted octanol–water partition coefficient (Wildman–Crippen LogP) is 7.34. The second kappa shape index (κ2) is 14.9. The summed E-state index contributed by atoms with van der Waals surface area (Å²) in [5, 5.41) is 9.96. The van der Waals surface area contributed by atoms with Crippen LogP contribution in [0.1, 0.15) is 76.3 Å². The number of hydrogen-bond donors (Lipinski definition) is 0. The van der Waals surface area contributed by atoms with E-state index in [4.69, 9.17) is 9.47 Å². The van der Waals surface area contributed by atoms with Gasteiger partial charge in [0.25, 0.3) is 0 Å². The van der Waals surface area contributed by atoms with Crippen LogP contribution in [0.15, 0.2) is 60.2 Å². The van der Waals surface area contributed by atoms with E-state index in [9.17, 15) is 10.1 Å². The number of rotatable bonds is 14. The number of ether oxygens (including phenoxy) is 2. The minimum absolute atomic E-state index is 0.0339. The van der Waals surface area contributed by atoms with Gasteiger partial charge in [0.05, 0.1) is 13.7 Å². The molecule has 0 amide bonds. The van der Waals surface area contributed by atoms with Crippen LogP contribution in [0.5, 0.6) is 5.75 Å². The summed E-state index contributed by atoms with van der Waals surface area (Å²) in [4.78, 5) is 13.1. The number of nitrogens with zero attached hydrogens (tertiary/aromatic N) is 1. The molecule has 33 heavy (non-hydrogen) atoms. The summed E-state index contributed by atoms with van der Waals surface area (Å²) in [5.74, 6) is 0.503. The molecule has 4 heteroatoms. The van der Waals surface area contributed by atoms with Crippen LogP contribution in [0.4, 0.5) is 0 Å². The largest absolute Gasteiger partial charge is 0.497 e. The van der Waals surface area contributed by atoms with Gasteiger partial charge in [-0.15, -0.1) is 0 Å². The van der Waals surface area contributed by atoms with Crippen molar-refractivity contribution in [3.8, 4) is 11.8 Å². The molecular formula is C29H37NO3. The standard InChI is InChI=1S/C29H37NO3/c1-4-6-8-10-14-23(13-7-5-2)22-33-29(31)27(21-30)28(24-15-11-9-12-16-24)25-17-19-26(32-3)20-18-25/h9,11-12,15-20,23H,4-8,10,13-14,22H2,1-3H3/b28-27+. The molecule has 2 rings (SSSR count). The number of benzene rings is 2. The second-order valence-electron chi connectivity index (χ2n) is 8.41. The van der Waals surface area contributed by atoms with Gasteiger partial charge >= 0.3 is 5.97 Å². The molecule has 0 aliphatic carbocycles. The molecule has 0 aliphatic rings. The fraction of sp³-hybridized carbons (Fsp3) is 0.448. The molecule has 0 bridgehead atoms. The molecule has 0 radical (unpaired) electrons. The lowest BCUT2D eigenvalue weighted by Gasteiger charge is -2.17. The monoisotopic (exact) mass is 447 g/mol. The average Bonchev–Trinajstić information content (AvgIpc) is 2.86. The molecule has 176 valence electrons. The normalized spacial score (nSPS) is 12.4. The third-order valence-corrected chi connectivity index (χ3v) is 5.89. The maximum Gasteiger partial charge on any atom is 0.349 e. The summed E-state index contributed by atoms with van der Waals surface area (Å²) in [6.45, 7) is 4.75. The van der Waals surface area contributed by atoms with Gasteiger partial charge in [-0.2, -0.15) is 5.26 Å². The first-order valence-corrected chi connectivity index (χ1v) is 12.2. The van der Waals surface area contributed by atoms with Gasteiger partial charge in [0.2, 0.25) is 0 Å². The molecule has 0 aliphatic heterocycles. The Morgan fingerprint density at radius 3 is 2.12 bits per heavy atom. The average molecular weight is 448 g/mol. The summed E-state index contributed by atoms with van der Waals surface area (Å²) >= 11 is 0. The molecule has 0 spiro atoms. The quantitative estimate of drug-likeness (QED) is 0.132. The molecule has 0 heterocycles. The SMILES string of the molecule is CCCCCCC(CCCC)COC(=O)/C(C#N)=C(\c1ccccc1)c1ccc(OC)cc1. The Balaban J connectivity index is 2.27. The van der Waals surface area contributed by atoms with Crippen molar-refractivity contribution in [3.63, 3.8) is 0 Å². The van der Waals surface area contributed by atoms with Crippen molar-refractivity contribution >= 4 is 11.5 Å². The maximum absolute atomic E-state index is 13.1. The summed E-state index contributed by atoms with van der Waals surface area (Å²) in [6.07, 6.45) is 9.17. The van der Waals surface area contributed by atoms with E-state index < -0.39 is 5.97 Å². The van der Waals surface area contributed by atoms with E-state index in [0.29, 0.717) is 23.8 Å². The van der Waals surface area contributed by atoms with Crippen molar-refractivity contribution in [1.82, 2.24) is 0 Å². The number of carbonyl (C=O) groups excluding carboxylic acids is 1. The van der Waals surface area contributed by atoms with E-state index >= 15 is 0 Å². The number of carbonyl (C=O) groups is 1. The second-order valence-corrected chi connectivity index (χ2v) is 8.41. The van der Waals surface area contributed by atoms with Crippen LogP contribution in [0.3, 0.4) is 0 Å². The number of methoxy groups -OCH3 is 1. The third kappa shape index (κ3) is 8.42. The predicted molar refractivity (Wildman–Crippen MR) is 134 cm³/mol. The first-order chi connectivity index (χ1) is 16.1. The van der Waals surface area contributed by atoms with Crippen molar-refractivity contribution in [2.24, 2.45) is 5.92 Å². The fourth-order valence-electron chi connectivity index (χ4n) is 3.95. The zero-order chi connectivity index (χ0) is 23.9. The van der Waals surface area contributed by atoms with Gasteiger partial charge in [-0.25, -0.2) is 4.79 Å². The Hall–Kier alpha value is -3.06. The minimum Gasteiger partial charge on any atom is -0.497 e. The van der Waals surface area contributed by atoms with Gasteiger partial charge in [-0.05, 0) is 42.0 Å². The van der Waals surface area contributed by atoms with Crippen molar-refractivity contribution in [3.05, 3.63) is 71.3 Å². The van der Waals surface area contributed by atoms with E-state index in [1.165, 1.54) is 19.3 Å². The number of esters is 1. The minimum atomic E-state index is -0.553. The molecule has 0 aromatic heterocycles. The molecule has 1 atom stereocenters. The summed E-state index contributed by atoms with van der Waals surface area (Å²) < 4.78 is 11.0. The maximum atomic E-state index is 13.1. The first kappa shape index (κ1) is 26.2. The van der Waals surface area contributed by atoms with Gasteiger partial charge in [-0.3, -0.25) is 0 Å². The lowest BCUT2D eigenvalue weighted by Crippen LogP contribution is -2.17. The topological polar surface area (TPSA) is 59.3 Å². The number of hydrogen-bond acceptors (Lipinski definition) is 4. The fourth-order valence-corrected chi connectivity index (χ4v) is 3.95. The van der Waals surface area contributed by atoms with Gasteiger partial charge < -0.3 is 9.47 Å². The van der Waals surface area contributed by atoms with Crippen LogP contribution in [-0.4, -0.2) is 19.7 Å². The number of unbranched alkanes of at least 4 members (excludes halogenated alkanes) is 4. The Bertz CT molecular complexity index is 910. The zero-order valence-electron chi connectivity index (χ0n) is 20.3. The van der Waals surface area contributed by atoms with E-state index in [1.807, 2.05) is 54.6 Å². The summed E-state index contributed by atoms with van der Waals surface area (Å²) in [5.41, 5.74) is 2.20. The van der Waals surface area contributed by atoms with E-state index in [0.717, 1.165) is 43.2 Å². The van der Waals surface area contributed by atoms with Crippen molar-refractivity contribution < 1.29 is 14.3 Å². The summed E-state index contributed by atoms with van der Waals surface area (Å²) in [7, 11) is 1.61. The van der Waals surface area contributed by atoms with Gasteiger partial charge in [0.15, 0.2) is 0 Å². The van der Waals surface area contributed by atoms with Crippen LogP contribution in [0.2, 0.25) is 0 Å². The first-order valence-electron chi connectivity index (χ1n) is 12.2. The Labute approximate surface area is 199 Å². The smallest absolute Gasteiger partial charge is 0.349 e. The summed E-state index contributed by atoms with van der Waals surface area (Å²) in [6, 6.07) is 19.0. The molecule has 0 N–H and O–H groups in total. The molecule has 4 nitrogen and oxygen atoms in total. The highest BCUT2D eigenvalue weighted by Gasteiger charge is 2.21. The van der Waals surface area contributed by atoms with Gasteiger partial charge in [0.1, 0.15) is 17.4 Å². The molecule has 2 aromatic rings. The van der Waals surface area contributed by atoms with E-state index in [2.05, 4.69) is 19.9 Å². The molecule has 0 saturated carbocycles. The highest BCUT2D eigenvalue weighted by Crippen LogP contribution is 2.29. The highest BCUT2D eigenvalue weighted by molar-refractivity contribution is 6.05. The van der Waals surface area contributed by atoms with Crippen molar-refractivity contribution in [1.29, 1.82) is 5.26 Å². The number of nitriles is 1. The van der Waals surface area contributed by atoms with Crippen LogP contribution in [0, 0.1) is 17.2 Å².